The van der Waals surface area contributed by atoms with Gasteiger partial charge in [-0.25, -0.2) is 4.79 Å². The molecule has 0 N–H and O–H groups in total. The first-order chi connectivity index (χ1) is 11.5. The van der Waals surface area contributed by atoms with Crippen LogP contribution >= 0.6 is 11.6 Å². The number of carbonyl (C=O) groups is 3. The van der Waals surface area contributed by atoms with Crippen molar-refractivity contribution in [3.8, 4) is 5.75 Å². The minimum atomic E-state index is -0.765. The predicted octanol–water partition coefficient (Wildman–Crippen LogP) is 2.93. The number of carbonyl (C=O) groups excluding carboxylic acids is 3. The Morgan fingerprint density at radius 3 is 2.54 bits per heavy atom. The van der Waals surface area contributed by atoms with Crippen LogP contribution in [0.2, 0.25) is 5.02 Å². The molecular weight excluding hydrogens is 336 g/mol. The second-order valence-electron chi connectivity index (χ2n) is 5.29. The molecule has 6 nitrogen and oxygen atoms in total. The van der Waals surface area contributed by atoms with Crippen LogP contribution in [0.25, 0.3) is 0 Å². The topological polar surface area (TPSA) is 78.9 Å². The number of benzene rings is 1. The van der Waals surface area contributed by atoms with Crippen molar-refractivity contribution in [1.29, 1.82) is 0 Å². The van der Waals surface area contributed by atoms with Gasteiger partial charge in [-0.05, 0) is 31.0 Å². The van der Waals surface area contributed by atoms with Gasteiger partial charge in [0.25, 0.3) is 0 Å². The van der Waals surface area contributed by atoms with E-state index >= 15 is 0 Å². The van der Waals surface area contributed by atoms with E-state index in [1.807, 2.05) is 0 Å². The Hall–Kier alpha value is -2.34. The Balaban J connectivity index is 2.25. The molecule has 7 heteroatoms. The summed E-state index contributed by atoms with van der Waals surface area (Å²) in [5, 5.41) is 0.319. The lowest BCUT2D eigenvalue weighted by Crippen LogP contribution is -2.15. The first kappa shape index (κ1) is 18.0. The third kappa shape index (κ3) is 4.58. The predicted molar refractivity (Wildman–Crippen MR) is 85.9 cm³/mol. The van der Waals surface area contributed by atoms with Gasteiger partial charge in [0.15, 0.2) is 5.78 Å². The lowest BCUT2D eigenvalue weighted by molar-refractivity contribution is -0.138. The molecule has 0 bridgehead atoms. The molecule has 0 atom stereocenters. The molecule has 0 aromatic heterocycles. The number of Topliss-reactive ketones (excluding diaryl/α,β-unsaturated/α-hetero) is 2. The Bertz CT molecular complexity index is 690. The Morgan fingerprint density at radius 1 is 1.25 bits per heavy atom. The first-order valence-electron chi connectivity index (χ1n) is 7.30. The third-order valence-corrected chi connectivity index (χ3v) is 3.68. The summed E-state index contributed by atoms with van der Waals surface area (Å²) >= 11 is 5.94. The van der Waals surface area contributed by atoms with E-state index in [1.165, 1.54) is 32.4 Å². The quantitative estimate of drug-likeness (QED) is 0.235. The summed E-state index contributed by atoms with van der Waals surface area (Å²) in [6.07, 6.45) is 2.50. The zero-order valence-corrected chi connectivity index (χ0v) is 14.1. The monoisotopic (exact) mass is 352 g/mol. The zero-order valence-electron chi connectivity index (χ0n) is 13.3. The minimum absolute atomic E-state index is 0.0171. The van der Waals surface area contributed by atoms with Crippen LogP contribution in [0.1, 0.15) is 29.6 Å². The van der Waals surface area contributed by atoms with E-state index in [9.17, 15) is 14.4 Å². The van der Waals surface area contributed by atoms with Crippen LogP contribution in [0.3, 0.4) is 0 Å². The van der Waals surface area contributed by atoms with E-state index < -0.39 is 11.8 Å². The first-order valence-corrected chi connectivity index (χ1v) is 7.68. The van der Waals surface area contributed by atoms with Crippen LogP contribution < -0.4 is 4.74 Å². The Kier molecular flexibility index (Phi) is 5.98. The van der Waals surface area contributed by atoms with Gasteiger partial charge in [-0.2, -0.15) is 0 Å². The molecule has 2 rings (SSSR count). The molecule has 0 saturated heterocycles. The third-order valence-electron chi connectivity index (χ3n) is 3.44. The fraction of sp³-hybridized carbons (Fsp3) is 0.353. The molecule has 0 heterocycles. The lowest BCUT2D eigenvalue weighted by atomic mass is 10.0. The average molecular weight is 353 g/mol. The molecule has 1 fully saturated rings. The van der Waals surface area contributed by atoms with Gasteiger partial charge in [0.1, 0.15) is 17.8 Å². The maximum Gasteiger partial charge on any atom is 0.377 e. The second-order valence-corrected chi connectivity index (χ2v) is 5.73. The van der Waals surface area contributed by atoms with E-state index in [-0.39, 0.29) is 35.2 Å². The van der Waals surface area contributed by atoms with Crippen molar-refractivity contribution in [1.82, 2.24) is 0 Å². The van der Waals surface area contributed by atoms with Gasteiger partial charge in [-0.3, -0.25) is 9.59 Å². The number of ketones is 2. The van der Waals surface area contributed by atoms with Gasteiger partial charge < -0.3 is 14.2 Å². The normalized spacial score (nSPS) is 14.0. The van der Waals surface area contributed by atoms with Gasteiger partial charge >= 0.3 is 5.97 Å². The van der Waals surface area contributed by atoms with E-state index in [2.05, 4.69) is 4.74 Å². The van der Waals surface area contributed by atoms with Crippen molar-refractivity contribution < 1.29 is 28.6 Å². The Morgan fingerprint density at radius 2 is 1.96 bits per heavy atom. The molecule has 1 saturated carbocycles. The SMILES string of the molecule is COC=C(Oc1ccc(Cl)cc1C(=O)CC(=O)C1CC1)C(=O)OC. The number of esters is 1. The van der Waals surface area contributed by atoms with Gasteiger partial charge in [0.05, 0.1) is 26.2 Å². The highest BCUT2D eigenvalue weighted by Crippen LogP contribution is 2.32. The molecular formula is C17H17ClO6. The van der Waals surface area contributed by atoms with Gasteiger partial charge in [-0.1, -0.05) is 11.6 Å². The maximum atomic E-state index is 12.4. The standard InChI is InChI=1S/C17H17ClO6/c1-22-9-16(17(21)23-2)24-15-6-5-11(18)7-12(15)14(20)8-13(19)10-3-4-10/h5-7,9-10H,3-4,8H2,1-2H3. The number of hydrogen-bond acceptors (Lipinski definition) is 6. The molecule has 0 aliphatic heterocycles. The van der Waals surface area contributed by atoms with Crippen molar-refractivity contribution >= 4 is 29.1 Å². The Labute approximate surface area is 144 Å². The highest BCUT2D eigenvalue weighted by molar-refractivity contribution is 6.31. The van der Waals surface area contributed by atoms with Gasteiger partial charge in [0, 0.05) is 10.9 Å². The molecule has 1 aromatic rings. The smallest absolute Gasteiger partial charge is 0.377 e. The fourth-order valence-corrected chi connectivity index (χ4v) is 2.22. The van der Waals surface area contributed by atoms with Crippen molar-refractivity contribution in [3.63, 3.8) is 0 Å². The van der Waals surface area contributed by atoms with Crippen molar-refractivity contribution in [3.05, 3.63) is 40.8 Å². The molecule has 1 aromatic carbocycles. The minimum Gasteiger partial charge on any atom is -0.500 e. The summed E-state index contributed by atoms with van der Waals surface area (Å²) in [5.41, 5.74) is 0.127. The van der Waals surface area contributed by atoms with Crippen molar-refractivity contribution in [2.24, 2.45) is 5.92 Å². The summed E-state index contributed by atoms with van der Waals surface area (Å²) < 4.78 is 14.8. The maximum absolute atomic E-state index is 12.4. The van der Waals surface area contributed by atoms with E-state index in [4.69, 9.17) is 21.1 Å². The highest BCUT2D eigenvalue weighted by Gasteiger charge is 2.31. The molecule has 0 unspecified atom stereocenters. The molecule has 0 amide bonds. The van der Waals surface area contributed by atoms with Crippen LogP contribution in [-0.2, 0) is 19.1 Å². The van der Waals surface area contributed by atoms with Crippen LogP contribution in [0.4, 0.5) is 0 Å². The molecule has 1 aliphatic carbocycles. The molecule has 1 aliphatic rings. The number of hydrogen-bond donors (Lipinski definition) is 0. The number of halogens is 1. The van der Waals surface area contributed by atoms with Gasteiger partial charge in [-0.15, -0.1) is 0 Å². The average Bonchev–Trinajstić information content (AvgIpc) is 3.40. The second kappa shape index (κ2) is 7.97. The van der Waals surface area contributed by atoms with E-state index in [0.29, 0.717) is 5.02 Å². The summed E-state index contributed by atoms with van der Waals surface area (Å²) in [6, 6.07) is 4.36. The van der Waals surface area contributed by atoms with Crippen LogP contribution in [0.15, 0.2) is 30.2 Å². The summed E-state index contributed by atoms with van der Waals surface area (Å²) in [5.74, 6) is -1.42. The molecule has 24 heavy (non-hydrogen) atoms. The highest BCUT2D eigenvalue weighted by atomic mass is 35.5. The molecule has 128 valence electrons. The lowest BCUT2D eigenvalue weighted by Gasteiger charge is -2.12. The van der Waals surface area contributed by atoms with Crippen LogP contribution in [0, 0.1) is 5.92 Å². The summed E-state index contributed by atoms with van der Waals surface area (Å²) in [4.78, 5) is 35.9. The largest absolute Gasteiger partial charge is 0.500 e. The fourth-order valence-electron chi connectivity index (χ4n) is 2.05. The van der Waals surface area contributed by atoms with Crippen LogP contribution in [0.5, 0.6) is 5.75 Å². The van der Waals surface area contributed by atoms with Crippen LogP contribution in [-0.4, -0.2) is 31.8 Å². The van der Waals surface area contributed by atoms with Crippen molar-refractivity contribution in [2.45, 2.75) is 19.3 Å². The molecule has 0 radical (unpaired) electrons. The molecule has 0 spiro atoms. The van der Waals surface area contributed by atoms with E-state index in [0.717, 1.165) is 19.1 Å². The number of rotatable bonds is 8. The summed E-state index contributed by atoms with van der Waals surface area (Å²) in [6.45, 7) is 0. The van der Waals surface area contributed by atoms with E-state index in [1.54, 1.807) is 0 Å². The van der Waals surface area contributed by atoms with Crippen molar-refractivity contribution in [2.75, 3.05) is 14.2 Å². The number of ether oxygens (including phenoxy) is 3. The summed E-state index contributed by atoms with van der Waals surface area (Å²) in [7, 11) is 2.53. The zero-order chi connectivity index (χ0) is 17.7. The van der Waals surface area contributed by atoms with Gasteiger partial charge in [0.2, 0.25) is 5.76 Å². The number of methoxy groups -OCH3 is 2.